The maximum absolute atomic E-state index is 9.10. The lowest BCUT2D eigenvalue weighted by atomic mass is 10.1. The fourth-order valence-corrected chi connectivity index (χ4v) is 1.34. The topological polar surface area (TPSA) is 48.0 Å². The summed E-state index contributed by atoms with van der Waals surface area (Å²) in [7, 11) is 0. The van der Waals surface area contributed by atoms with Crippen LogP contribution in [-0.2, 0) is 0 Å². The summed E-state index contributed by atoms with van der Waals surface area (Å²) in [5, 5.41) is 12.5. The van der Waals surface area contributed by atoms with E-state index in [-0.39, 0.29) is 12.6 Å². The van der Waals surface area contributed by atoms with Gasteiger partial charge in [-0.25, -0.2) is 0 Å². The number of H-pyrrole nitrogens is 1. The minimum absolute atomic E-state index is 0.115. The van der Waals surface area contributed by atoms with Gasteiger partial charge in [-0.3, -0.25) is 0 Å². The zero-order chi connectivity index (χ0) is 8.39. The second kappa shape index (κ2) is 3.29. The molecule has 1 aliphatic rings. The minimum atomic E-state index is 0.115. The van der Waals surface area contributed by atoms with Gasteiger partial charge in [0.25, 0.3) is 0 Å². The number of hydrogen-bond acceptors (Lipinski definition) is 2. The van der Waals surface area contributed by atoms with Gasteiger partial charge in [-0.2, -0.15) is 0 Å². The van der Waals surface area contributed by atoms with Crippen LogP contribution in [0, 0.1) is 0 Å². The van der Waals surface area contributed by atoms with Crippen LogP contribution in [0.15, 0.2) is 18.5 Å². The van der Waals surface area contributed by atoms with Gasteiger partial charge in [-0.1, -0.05) is 0 Å². The van der Waals surface area contributed by atoms with Gasteiger partial charge < -0.3 is 15.4 Å². The van der Waals surface area contributed by atoms with Gasteiger partial charge in [0.15, 0.2) is 0 Å². The summed E-state index contributed by atoms with van der Waals surface area (Å²) in [6.07, 6.45) is 6.31. The molecule has 12 heavy (non-hydrogen) atoms. The SMILES string of the molecule is OCC(NC1CC1)c1cc[nH]c1. The third-order valence-corrected chi connectivity index (χ3v) is 2.22. The Morgan fingerprint density at radius 1 is 1.67 bits per heavy atom. The maximum Gasteiger partial charge on any atom is 0.0627 e. The van der Waals surface area contributed by atoms with Crippen LogP contribution in [0.25, 0.3) is 0 Å². The van der Waals surface area contributed by atoms with E-state index in [2.05, 4.69) is 10.3 Å². The first kappa shape index (κ1) is 7.83. The Morgan fingerprint density at radius 2 is 2.50 bits per heavy atom. The third-order valence-electron chi connectivity index (χ3n) is 2.22. The molecule has 3 N–H and O–H groups in total. The number of hydrogen-bond donors (Lipinski definition) is 3. The number of aliphatic hydroxyl groups is 1. The summed E-state index contributed by atoms with van der Waals surface area (Å²) in [6, 6.07) is 2.75. The zero-order valence-electron chi connectivity index (χ0n) is 6.96. The molecule has 1 aromatic rings. The van der Waals surface area contributed by atoms with Crippen LogP contribution in [0.5, 0.6) is 0 Å². The summed E-state index contributed by atoms with van der Waals surface area (Å²) >= 11 is 0. The van der Waals surface area contributed by atoms with E-state index in [1.165, 1.54) is 12.8 Å². The lowest BCUT2D eigenvalue weighted by Gasteiger charge is -2.13. The van der Waals surface area contributed by atoms with E-state index in [1.807, 2.05) is 18.5 Å². The Bertz CT molecular complexity index is 229. The van der Waals surface area contributed by atoms with Gasteiger partial charge in [0.1, 0.15) is 0 Å². The molecular weight excluding hydrogens is 152 g/mol. The molecule has 0 spiro atoms. The molecule has 1 aromatic heterocycles. The molecule has 2 rings (SSSR count). The summed E-state index contributed by atoms with van der Waals surface area (Å²) in [5.41, 5.74) is 1.14. The third kappa shape index (κ3) is 1.68. The summed E-state index contributed by atoms with van der Waals surface area (Å²) in [4.78, 5) is 2.99. The monoisotopic (exact) mass is 166 g/mol. The van der Waals surface area contributed by atoms with Gasteiger partial charge in [-0.15, -0.1) is 0 Å². The fraction of sp³-hybridized carbons (Fsp3) is 0.556. The Morgan fingerprint density at radius 3 is 3.00 bits per heavy atom. The average Bonchev–Trinajstić information content (AvgIpc) is 2.74. The summed E-state index contributed by atoms with van der Waals surface area (Å²) < 4.78 is 0. The van der Waals surface area contributed by atoms with Crippen molar-refractivity contribution in [2.75, 3.05) is 6.61 Å². The lowest BCUT2D eigenvalue weighted by molar-refractivity contribution is 0.243. The molecule has 3 nitrogen and oxygen atoms in total. The number of aliphatic hydroxyl groups excluding tert-OH is 1. The summed E-state index contributed by atoms with van der Waals surface area (Å²) in [5.74, 6) is 0. The summed E-state index contributed by atoms with van der Waals surface area (Å²) in [6.45, 7) is 0.175. The highest BCUT2D eigenvalue weighted by atomic mass is 16.3. The van der Waals surface area contributed by atoms with E-state index in [4.69, 9.17) is 5.11 Å². The lowest BCUT2D eigenvalue weighted by Crippen LogP contribution is -2.25. The molecule has 0 saturated heterocycles. The van der Waals surface area contributed by atoms with Crippen molar-refractivity contribution in [1.82, 2.24) is 10.3 Å². The van der Waals surface area contributed by atoms with Crippen LogP contribution < -0.4 is 5.32 Å². The highest BCUT2D eigenvalue weighted by Crippen LogP contribution is 2.23. The van der Waals surface area contributed by atoms with Gasteiger partial charge in [0.2, 0.25) is 0 Å². The molecule has 66 valence electrons. The number of rotatable bonds is 4. The second-order valence-electron chi connectivity index (χ2n) is 3.32. The van der Waals surface area contributed by atoms with Crippen LogP contribution in [0.3, 0.4) is 0 Å². The van der Waals surface area contributed by atoms with Crippen LogP contribution in [0.2, 0.25) is 0 Å². The van der Waals surface area contributed by atoms with Crippen molar-refractivity contribution < 1.29 is 5.11 Å². The molecule has 3 heteroatoms. The van der Waals surface area contributed by atoms with Gasteiger partial charge in [0, 0.05) is 18.4 Å². The first-order chi connectivity index (χ1) is 5.90. The van der Waals surface area contributed by atoms with Gasteiger partial charge in [0.05, 0.1) is 12.6 Å². The second-order valence-corrected chi connectivity index (χ2v) is 3.32. The molecule has 1 aliphatic carbocycles. The predicted octanol–water partition coefficient (Wildman–Crippen LogP) is 0.800. The number of nitrogens with one attached hydrogen (secondary N) is 2. The average molecular weight is 166 g/mol. The molecule has 0 aromatic carbocycles. The zero-order valence-corrected chi connectivity index (χ0v) is 6.96. The van der Waals surface area contributed by atoms with Gasteiger partial charge >= 0.3 is 0 Å². The van der Waals surface area contributed by atoms with E-state index in [9.17, 15) is 0 Å². The fourth-order valence-electron chi connectivity index (χ4n) is 1.34. The van der Waals surface area contributed by atoms with Crippen molar-refractivity contribution in [3.8, 4) is 0 Å². The van der Waals surface area contributed by atoms with Crippen LogP contribution in [0.4, 0.5) is 0 Å². The van der Waals surface area contributed by atoms with Crippen molar-refractivity contribution >= 4 is 0 Å². The van der Waals surface area contributed by atoms with Crippen LogP contribution in [0.1, 0.15) is 24.4 Å². The van der Waals surface area contributed by atoms with E-state index in [0.717, 1.165) is 5.56 Å². The van der Waals surface area contributed by atoms with Gasteiger partial charge in [-0.05, 0) is 24.5 Å². The Labute approximate surface area is 71.8 Å². The van der Waals surface area contributed by atoms with Crippen LogP contribution >= 0.6 is 0 Å². The Kier molecular flexibility index (Phi) is 2.15. The minimum Gasteiger partial charge on any atom is -0.394 e. The van der Waals surface area contributed by atoms with Crippen molar-refractivity contribution in [2.45, 2.75) is 24.9 Å². The first-order valence-corrected chi connectivity index (χ1v) is 4.40. The molecule has 1 saturated carbocycles. The quantitative estimate of drug-likeness (QED) is 0.619. The highest BCUT2D eigenvalue weighted by molar-refractivity contribution is 5.14. The molecule has 0 bridgehead atoms. The van der Waals surface area contributed by atoms with Crippen molar-refractivity contribution in [1.29, 1.82) is 0 Å². The van der Waals surface area contributed by atoms with E-state index in [1.54, 1.807) is 0 Å². The molecular formula is C9H14N2O. The predicted molar refractivity (Wildman–Crippen MR) is 46.8 cm³/mol. The number of aromatic nitrogens is 1. The molecule has 0 aliphatic heterocycles. The van der Waals surface area contributed by atoms with E-state index >= 15 is 0 Å². The molecule has 0 radical (unpaired) electrons. The van der Waals surface area contributed by atoms with E-state index < -0.39 is 0 Å². The highest BCUT2D eigenvalue weighted by Gasteiger charge is 2.24. The maximum atomic E-state index is 9.10. The largest absolute Gasteiger partial charge is 0.394 e. The standard InChI is InChI=1S/C9H14N2O/c12-6-9(11-8-1-2-8)7-3-4-10-5-7/h3-5,8-12H,1-2,6H2. The normalized spacial score (nSPS) is 19.4. The van der Waals surface area contributed by atoms with E-state index in [0.29, 0.717) is 6.04 Å². The molecule has 1 heterocycles. The molecule has 1 unspecified atom stereocenters. The van der Waals surface area contributed by atoms with Crippen molar-refractivity contribution in [3.05, 3.63) is 24.0 Å². The van der Waals surface area contributed by atoms with Crippen LogP contribution in [-0.4, -0.2) is 22.7 Å². The first-order valence-electron chi connectivity index (χ1n) is 4.40. The molecule has 0 amide bonds. The smallest absolute Gasteiger partial charge is 0.0627 e. The Hall–Kier alpha value is -0.800. The number of aromatic amines is 1. The van der Waals surface area contributed by atoms with Crippen molar-refractivity contribution in [2.24, 2.45) is 0 Å². The van der Waals surface area contributed by atoms with Crippen molar-refractivity contribution in [3.63, 3.8) is 0 Å². The Balaban J connectivity index is 1.97. The molecule has 1 fully saturated rings. The molecule has 1 atom stereocenters.